The molecule has 140 valence electrons. The number of rotatable bonds is 5. The van der Waals surface area contributed by atoms with E-state index in [2.05, 4.69) is 33.8 Å². The van der Waals surface area contributed by atoms with Crippen molar-refractivity contribution in [3.8, 4) is 0 Å². The summed E-state index contributed by atoms with van der Waals surface area (Å²) in [6.45, 7) is 4.90. The van der Waals surface area contributed by atoms with Crippen molar-refractivity contribution in [1.29, 1.82) is 0 Å². The van der Waals surface area contributed by atoms with Gasteiger partial charge in [-0.05, 0) is 36.2 Å². The largest absolute Gasteiger partial charge is 0.333 e. The quantitative estimate of drug-likeness (QED) is 0.550. The van der Waals surface area contributed by atoms with Gasteiger partial charge in [0.15, 0.2) is 21.5 Å². The van der Waals surface area contributed by atoms with E-state index >= 15 is 0 Å². The van der Waals surface area contributed by atoms with Crippen molar-refractivity contribution in [2.24, 2.45) is 13.0 Å². The number of benzene rings is 1. The number of hydrogen-bond acceptors (Lipinski definition) is 5. The van der Waals surface area contributed by atoms with Crippen molar-refractivity contribution in [2.75, 3.05) is 0 Å². The van der Waals surface area contributed by atoms with Crippen LogP contribution < -0.4 is 11.2 Å². The van der Waals surface area contributed by atoms with E-state index < -0.39 is 11.2 Å². The molecule has 0 spiro atoms. The average molecular weight is 384 g/mol. The maximum Gasteiger partial charge on any atom is 0.329 e. The van der Waals surface area contributed by atoms with Crippen LogP contribution in [0.4, 0.5) is 0 Å². The molecule has 0 bridgehead atoms. The molecule has 0 aliphatic heterocycles. The second kappa shape index (κ2) is 6.73. The lowest BCUT2D eigenvalue weighted by Gasteiger charge is -2.09. The predicted octanol–water partition coefficient (Wildman–Crippen LogP) is 2.50. The summed E-state index contributed by atoms with van der Waals surface area (Å²) in [6.07, 6.45) is 0.890. The molecule has 0 amide bonds. The van der Waals surface area contributed by atoms with E-state index in [4.69, 9.17) is 0 Å². The predicted molar refractivity (Wildman–Crippen MR) is 105 cm³/mol. The number of aromatic nitrogens is 6. The highest BCUT2D eigenvalue weighted by Gasteiger charge is 2.19. The normalized spacial score (nSPS) is 11.9. The molecule has 3 heterocycles. The lowest BCUT2D eigenvalue weighted by molar-refractivity contribution is 0.503. The number of fused-ring (bicyclic) bond motifs is 2. The summed E-state index contributed by atoms with van der Waals surface area (Å²) < 4.78 is 3.25. The molecule has 27 heavy (non-hydrogen) atoms. The van der Waals surface area contributed by atoms with Crippen molar-refractivity contribution in [3.63, 3.8) is 0 Å². The first-order chi connectivity index (χ1) is 12.9. The first-order valence-electron chi connectivity index (χ1n) is 8.76. The number of nitrogens with zero attached hydrogens (tertiary/aromatic N) is 4. The van der Waals surface area contributed by atoms with Gasteiger partial charge in [0.25, 0.3) is 5.56 Å². The van der Waals surface area contributed by atoms with Crippen molar-refractivity contribution >= 4 is 34.0 Å². The maximum atomic E-state index is 12.5. The Morgan fingerprint density at radius 2 is 1.93 bits per heavy atom. The fraction of sp³-hybridized carbons (Fsp3) is 0.333. The highest BCUT2D eigenvalue weighted by atomic mass is 32.2. The molecule has 2 N–H and O–H groups in total. The molecule has 0 saturated carbocycles. The minimum Gasteiger partial charge on any atom is -0.333 e. The lowest BCUT2D eigenvalue weighted by Crippen LogP contribution is -2.29. The molecule has 0 fully saturated rings. The van der Waals surface area contributed by atoms with Crippen molar-refractivity contribution in [3.05, 3.63) is 45.1 Å². The van der Waals surface area contributed by atoms with Crippen molar-refractivity contribution in [2.45, 2.75) is 37.1 Å². The summed E-state index contributed by atoms with van der Waals surface area (Å²) in [5.74, 6) is 0.470. The number of para-hydroxylation sites is 2. The molecule has 9 heteroatoms. The fourth-order valence-corrected chi connectivity index (χ4v) is 3.85. The van der Waals surface area contributed by atoms with Gasteiger partial charge in [-0.1, -0.05) is 26.0 Å². The van der Waals surface area contributed by atoms with E-state index in [0.29, 0.717) is 33.9 Å². The molecule has 3 aromatic heterocycles. The molecule has 1 aromatic carbocycles. The molecular weight excluding hydrogens is 364 g/mol. The molecule has 8 nitrogen and oxygen atoms in total. The van der Waals surface area contributed by atoms with Crippen molar-refractivity contribution < 1.29 is 0 Å². The maximum absolute atomic E-state index is 12.5. The number of aromatic amines is 2. The average Bonchev–Trinajstić information content (AvgIpc) is 3.19. The number of hydrogen-bond donors (Lipinski definition) is 2. The summed E-state index contributed by atoms with van der Waals surface area (Å²) in [4.78, 5) is 39.2. The molecule has 0 saturated heterocycles. The van der Waals surface area contributed by atoms with Gasteiger partial charge in [0.2, 0.25) is 0 Å². The smallest absolute Gasteiger partial charge is 0.329 e. The van der Waals surface area contributed by atoms with E-state index in [1.54, 1.807) is 7.05 Å². The number of aryl methyl sites for hydroxylation is 2. The third-order valence-corrected chi connectivity index (χ3v) is 5.34. The fourth-order valence-electron chi connectivity index (χ4n) is 2.95. The Balaban J connectivity index is 1.86. The third-order valence-electron chi connectivity index (χ3n) is 4.46. The number of H-pyrrole nitrogens is 2. The van der Waals surface area contributed by atoms with E-state index in [1.165, 1.54) is 16.3 Å². The highest BCUT2D eigenvalue weighted by Crippen LogP contribution is 2.29. The molecule has 0 aliphatic carbocycles. The Hall–Kier alpha value is -2.81. The topological polar surface area (TPSA) is 101 Å². The van der Waals surface area contributed by atoms with Crippen LogP contribution in [-0.2, 0) is 13.6 Å². The number of nitrogens with one attached hydrogen (secondary N) is 2. The van der Waals surface area contributed by atoms with E-state index in [9.17, 15) is 9.59 Å². The van der Waals surface area contributed by atoms with Crippen LogP contribution in [0.2, 0.25) is 0 Å². The minimum absolute atomic E-state index is 0.381. The summed E-state index contributed by atoms with van der Waals surface area (Å²) >= 11 is 1.36. The molecule has 0 atom stereocenters. The van der Waals surface area contributed by atoms with Crippen LogP contribution in [0.15, 0.2) is 44.2 Å². The van der Waals surface area contributed by atoms with Crippen LogP contribution in [0.25, 0.3) is 22.2 Å². The Morgan fingerprint density at radius 3 is 2.67 bits per heavy atom. The van der Waals surface area contributed by atoms with Gasteiger partial charge < -0.3 is 9.55 Å². The Labute approximate surface area is 158 Å². The summed E-state index contributed by atoms with van der Waals surface area (Å²) in [5.41, 5.74) is 1.72. The van der Waals surface area contributed by atoms with Gasteiger partial charge in [-0.3, -0.25) is 14.3 Å². The van der Waals surface area contributed by atoms with Gasteiger partial charge >= 0.3 is 5.69 Å². The lowest BCUT2D eigenvalue weighted by atomic mass is 10.1. The molecule has 0 unspecified atom stereocenters. The van der Waals surface area contributed by atoms with Gasteiger partial charge in [-0.25, -0.2) is 14.8 Å². The zero-order valence-electron chi connectivity index (χ0n) is 15.3. The molecular formula is C18H20N6O2S. The summed E-state index contributed by atoms with van der Waals surface area (Å²) in [7, 11) is 1.61. The van der Waals surface area contributed by atoms with Crippen LogP contribution in [0, 0.1) is 5.92 Å². The van der Waals surface area contributed by atoms with Crippen LogP contribution >= 0.6 is 11.8 Å². The minimum atomic E-state index is -0.471. The van der Waals surface area contributed by atoms with E-state index in [0.717, 1.165) is 17.5 Å². The van der Waals surface area contributed by atoms with Gasteiger partial charge in [-0.15, -0.1) is 0 Å². The highest BCUT2D eigenvalue weighted by molar-refractivity contribution is 7.99. The van der Waals surface area contributed by atoms with E-state index in [-0.39, 0.29) is 0 Å². The van der Waals surface area contributed by atoms with E-state index in [1.807, 2.05) is 28.8 Å². The van der Waals surface area contributed by atoms with Gasteiger partial charge in [0, 0.05) is 13.6 Å². The monoisotopic (exact) mass is 384 g/mol. The molecule has 0 aliphatic rings. The molecule has 4 rings (SSSR count). The van der Waals surface area contributed by atoms with Crippen LogP contribution in [0.5, 0.6) is 0 Å². The standard InChI is InChI=1S/C18H20N6O2S/c1-10(2)8-9-24-13-14(23(3)17(26)22-15(13)25)21-18(24)27-16-19-11-6-4-5-7-12(11)20-16/h4-7,10H,8-9H2,1-3H3,(H,19,20)(H,22,25,26). The second-order valence-corrected chi connectivity index (χ2v) is 7.84. The first kappa shape index (κ1) is 17.6. The molecule has 4 aromatic rings. The van der Waals surface area contributed by atoms with Crippen LogP contribution in [-0.4, -0.2) is 29.1 Å². The Morgan fingerprint density at radius 1 is 1.15 bits per heavy atom. The zero-order chi connectivity index (χ0) is 19.1. The number of imidazole rings is 2. The summed E-state index contributed by atoms with van der Waals surface area (Å²) in [5, 5.41) is 1.33. The van der Waals surface area contributed by atoms with Gasteiger partial charge in [0.1, 0.15) is 0 Å². The first-order valence-corrected chi connectivity index (χ1v) is 9.58. The Bertz CT molecular complexity index is 1210. The Kier molecular flexibility index (Phi) is 4.39. The van der Waals surface area contributed by atoms with Gasteiger partial charge in [0.05, 0.1) is 11.0 Å². The van der Waals surface area contributed by atoms with Gasteiger partial charge in [-0.2, -0.15) is 0 Å². The summed E-state index contributed by atoms with van der Waals surface area (Å²) in [6, 6.07) is 7.78. The van der Waals surface area contributed by atoms with Crippen molar-refractivity contribution in [1.82, 2.24) is 29.1 Å². The SMILES string of the molecule is CC(C)CCn1c(Sc2nc3ccccc3[nH]2)nc2c1c(=O)[nH]c(=O)n2C. The molecule has 0 radical (unpaired) electrons. The van der Waals surface area contributed by atoms with Crippen LogP contribution in [0.3, 0.4) is 0 Å². The second-order valence-electron chi connectivity index (χ2n) is 6.88. The zero-order valence-corrected chi connectivity index (χ0v) is 16.1. The third kappa shape index (κ3) is 3.18. The van der Waals surface area contributed by atoms with Crippen LogP contribution in [0.1, 0.15) is 20.3 Å².